The van der Waals surface area contributed by atoms with Gasteiger partial charge in [0, 0.05) is 11.6 Å². The monoisotopic (exact) mass is 512 g/mol. The van der Waals surface area contributed by atoms with Gasteiger partial charge in [0.1, 0.15) is 23.1 Å². The average molecular weight is 513 g/mol. The number of hydrogen-bond acceptors (Lipinski definition) is 7. The molecule has 1 aliphatic heterocycles. The van der Waals surface area contributed by atoms with E-state index in [1.807, 2.05) is 55.5 Å². The van der Waals surface area contributed by atoms with Gasteiger partial charge >= 0.3 is 5.97 Å². The van der Waals surface area contributed by atoms with Crippen LogP contribution in [0.4, 0.5) is 0 Å². The number of ether oxygens (including phenoxy) is 4. The zero-order chi connectivity index (χ0) is 27.1. The average Bonchev–Trinajstić information content (AvgIpc) is 2.89. The van der Waals surface area contributed by atoms with Crippen molar-refractivity contribution in [3.63, 3.8) is 0 Å². The highest BCUT2D eigenvalue weighted by Gasteiger charge is 2.32. The zero-order valence-corrected chi connectivity index (χ0v) is 21.9. The predicted octanol–water partition coefficient (Wildman–Crippen LogP) is 5.88. The standard InChI is InChI=1S/C31H32N2O5/c1-4-35-28-17-22(10-13-26(28)36-15-14-20(2)3)30-24-12-11-23(18-27(24)38-31(33)25(30)19-32)37-29(34)16-21-8-6-5-7-9-21/h5-13,17-18,20,30H,4,14-16,33H2,1-3H3. The van der Waals surface area contributed by atoms with Gasteiger partial charge in [0.15, 0.2) is 11.5 Å². The molecule has 196 valence electrons. The molecule has 1 aliphatic rings. The van der Waals surface area contributed by atoms with Crippen LogP contribution in [0, 0.1) is 17.2 Å². The minimum atomic E-state index is -0.484. The third-order valence-corrected chi connectivity index (χ3v) is 6.17. The first-order valence-corrected chi connectivity index (χ1v) is 12.7. The Morgan fingerprint density at radius 3 is 2.55 bits per heavy atom. The molecule has 0 aromatic heterocycles. The Bertz CT molecular complexity index is 1360. The van der Waals surface area contributed by atoms with Crippen molar-refractivity contribution in [3.8, 4) is 29.1 Å². The molecule has 3 aromatic carbocycles. The fourth-order valence-electron chi connectivity index (χ4n) is 4.27. The van der Waals surface area contributed by atoms with Gasteiger partial charge in [-0.15, -0.1) is 0 Å². The molecule has 0 saturated carbocycles. The summed E-state index contributed by atoms with van der Waals surface area (Å²) < 4.78 is 23.2. The van der Waals surface area contributed by atoms with Gasteiger partial charge in [0.25, 0.3) is 0 Å². The first kappa shape index (κ1) is 26.6. The summed E-state index contributed by atoms with van der Waals surface area (Å²) in [5, 5.41) is 9.93. The van der Waals surface area contributed by atoms with Gasteiger partial charge in [-0.05, 0) is 48.6 Å². The largest absolute Gasteiger partial charge is 0.490 e. The number of carbonyl (C=O) groups excluding carboxylic acids is 1. The summed E-state index contributed by atoms with van der Waals surface area (Å²) in [6.45, 7) is 7.25. The molecule has 0 spiro atoms. The van der Waals surface area contributed by atoms with Crippen molar-refractivity contribution < 1.29 is 23.7 Å². The van der Waals surface area contributed by atoms with Crippen LogP contribution in [-0.2, 0) is 11.2 Å². The van der Waals surface area contributed by atoms with E-state index < -0.39 is 5.92 Å². The maximum Gasteiger partial charge on any atom is 0.315 e. The first-order valence-electron chi connectivity index (χ1n) is 12.7. The van der Waals surface area contributed by atoms with Crippen LogP contribution in [0.5, 0.6) is 23.0 Å². The number of rotatable bonds is 10. The second-order valence-electron chi connectivity index (χ2n) is 9.43. The molecule has 3 aromatic rings. The molecular formula is C31H32N2O5. The van der Waals surface area contributed by atoms with Crippen molar-refractivity contribution in [3.05, 3.63) is 94.9 Å². The Morgan fingerprint density at radius 2 is 1.84 bits per heavy atom. The lowest BCUT2D eigenvalue weighted by atomic mass is 9.83. The van der Waals surface area contributed by atoms with Crippen LogP contribution in [0.3, 0.4) is 0 Å². The molecule has 7 heteroatoms. The van der Waals surface area contributed by atoms with Crippen LogP contribution in [-0.4, -0.2) is 19.2 Å². The zero-order valence-electron chi connectivity index (χ0n) is 21.9. The molecule has 0 bridgehead atoms. The summed E-state index contributed by atoms with van der Waals surface area (Å²) in [6.07, 6.45) is 1.07. The van der Waals surface area contributed by atoms with Crippen LogP contribution >= 0.6 is 0 Å². The SMILES string of the molecule is CCOc1cc(C2C(C#N)=C(N)Oc3cc(OC(=O)Cc4ccccc4)ccc32)ccc1OCCC(C)C. The first-order chi connectivity index (χ1) is 18.4. The lowest BCUT2D eigenvalue weighted by Crippen LogP contribution is -2.21. The number of fused-ring (bicyclic) bond motifs is 1. The molecule has 0 fully saturated rings. The molecule has 0 aliphatic carbocycles. The van der Waals surface area contributed by atoms with E-state index in [0.717, 1.165) is 23.1 Å². The summed E-state index contributed by atoms with van der Waals surface area (Å²) >= 11 is 0. The summed E-state index contributed by atoms with van der Waals surface area (Å²) in [5.41, 5.74) is 8.87. The Kier molecular flexibility index (Phi) is 8.55. The Balaban J connectivity index is 1.62. The summed E-state index contributed by atoms with van der Waals surface area (Å²) in [7, 11) is 0. The predicted molar refractivity (Wildman–Crippen MR) is 144 cm³/mol. The van der Waals surface area contributed by atoms with Crippen molar-refractivity contribution in [1.82, 2.24) is 0 Å². The summed E-state index contributed by atoms with van der Waals surface area (Å²) in [6, 6.07) is 22.3. The molecule has 0 amide bonds. The van der Waals surface area contributed by atoms with Crippen LogP contribution in [0.15, 0.2) is 78.2 Å². The van der Waals surface area contributed by atoms with Gasteiger partial charge in [-0.2, -0.15) is 5.26 Å². The maximum absolute atomic E-state index is 12.5. The normalized spacial score (nSPS) is 14.3. The lowest BCUT2D eigenvalue weighted by molar-refractivity contribution is -0.133. The maximum atomic E-state index is 12.5. The smallest absolute Gasteiger partial charge is 0.315 e. The van der Waals surface area contributed by atoms with E-state index >= 15 is 0 Å². The summed E-state index contributed by atoms with van der Waals surface area (Å²) in [4.78, 5) is 12.5. The third kappa shape index (κ3) is 6.27. The number of esters is 1. The molecule has 0 saturated heterocycles. The Labute approximate surface area is 223 Å². The molecule has 2 N–H and O–H groups in total. The number of allylic oxidation sites excluding steroid dienone is 1. The van der Waals surface area contributed by atoms with Crippen LogP contribution < -0.4 is 24.7 Å². The molecular weight excluding hydrogens is 480 g/mol. The van der Waals surface area contributed by atoms with Gasteiger partial charge in [0.2, 0.25) is 5.88 Å². The van der Waals surface area contributed by atoms with Gasteiger partial charge in [-0.1, -0.05) is 56.3 Å². The van der Waals surface area contributed by atoms with Crippen molar-refractivity contribution >= 4 is 5.97 Å². The second kappa shape index (κ2) is 12.2. The molecule has 1 atom stereocenters. The second-order valence-corrected chi connectivity index (χ2v) is 9.43. The highest BCUT2D eigenvalue weighted by molar-refractivity contribution is 5.75. The number of hydrogen-bond donors (Lipinski definition) is 1. The van der Waals surface area contributed by atoms with Gasteiger partial charge in [-0.25, -0.2) is 0 Å². The number of nitrogens with two attached hydrogens (primary N) is 1. The van der Waals surface area contributed by atoms with Gasteiger partial charge in [0.05, 0.1) is 25.6 Å². The van der Waals surface area contributed by atoms with E-state index in [0.29, 0.717) is 47.7 Å². The fourth-order valence-corrected chi connectivity index (χ4v) is 4.27. The van der Waals surface area contributed by atoms with Gasteiger partial charge < -0.3 is 24.7 Å². The van der Waals surface area contributed by atoms with Crippen molar-refractivity contribution in [2.75, 3.05) is 13.2 Å². The van der Waals surface area contributed by atoms with Crippen molar-refractivity contribution in [2.24, 2.45) is 11.7 Å². The van der Waals surface area contributed by atoms with Gasteiger partial charge in [-0.3, -0.25) is 4.79 Å². The molecule has 0 radical (unpaired) electrons. The van der Waals surface area contributed by atoms with Crippen molar-refractivity contribution in [2.45, 2.75) is 39.5 Å². The highest BCUT2D eigenvalue weighted by Crippen LogP contribution is 2.45. The fraction of sp³-hybridized carbons (Fsp3) is 0.290. The molecule has 1 heterocycles. The summed E-state index contributed by atoms with van der Waals surface area (Å²) in [5.74, 6) is 1.67. The minimum absolute atomic E-state index is 0.00739. The van der Waals surface area contributed by atoms with Crippen LogP contribution in [0.25, 0.3) is 0 Å². The Morgan fingerprint density at radius 1 is 1.05 bits per heavy atom. The van der Waals surface area contributed by atoms with E-state index in [9.17, 15) is 10.1 Å². The topological polar surface area (TPSA) is 104 Å². The van der Waals surface area contributed by atoms with E-state index in [1.165, 1.54) is 0 Å². The van der Waals surface area contributed by atoms with Crippen LogP contribution in [0.2, 0.25) is 0 Å². The number of carbonyl (C=O) groups is 1. The molecule has 1 unspecified atom stereocenters. The number of benzene rings is 3. The third-order valence-electron chi connectivity index (χ3n) is 6.17. The van der Waals surface area contributed by atoms with E-state index in [1.54, 1.807) is 18.2 Å². The van der Waals surface area contributed by atoms with E-state index in [-0.39, 0.29) is 18.3 Å². The highest BCUT2D eigenvalue weighted by atomic mass is 16.5. The van der Waals surface area contributed by atoms with E-state index in [4.69, 9.17) is 24.7 Å². The Hall–Kier alpha value is -4.44. The molecule has 7 nitrogen and oxygen atoms in total. The lowest BCUT2D eigenvalue weighted by Gasteiger charge is -2.27. The molecule has 4 rings (SSSR count). The number of nitrogens with zero attached hydrogens (tertiary/aromatic N) is 1. The van der Waals surface area contributed by atoms with Crippen LogP contribution in [0.1, 0.15) is 49.8 Å². The quantitative estimate of drug-likeness (QED) is 0.267. The minimum Gasteiger partial charge on any atom is -0.490 e. The number of nitriles is 1. The van der Waals surface area contributed by atoms with Crippen molar-refractivity contribution in [1.29, 1.82) is 5.26 Å². The van der Waals surface area contributed by atoms with E-state index in [2.05, 4.69) is 19.9 Å². The molecule has 38 heavy (non-hydrogen) atoms.